The van der Waals surface area contributed by atoms with Gasteiger partial charge in [-0.05, 0) is 17.7 Å². The average molecular weight is 313 g/mol. The number of methoxy groups -OCH3 is 2. The fourth-order valence-corrected chi connectivity index (χ4v) is 1.93. The lowest BCUT2D eigenvalue weighted by Crippen LogP contribution is -2.38. The molecule has 6 nitrogen and oxygen atoms in total. The number of carboxylic acids is 1. The second-order valence-corrected chi connectivity index (χ2v) is 4.52. The van der Waals surface area contributed by atoms with Crippen LogP contribution in [0.3, 0.4) is 0 Å². The summed E-state index contributed by atoms with van der Waals surface area (Å²) in [4.78, 5) is 10.8. The van der Waals surface area contributed by atoms with E-state index >= 15 is 0 Å². The Hall–Kier alpha value is -1.86. The van der Waals surface area contributed by atoms with Crippen molar-refractivity contribution in [3.05, 3.63) is 23.8 Å². The first-order valence-electron chi connectivity index (χ1n) is 6.22. The molecule has 0 heterocycles. The molecule has 3 N–H and O–H groups in total. The summed E-state index contributed by atoms with van der Waals surface area (Å²) >= 11 is 3.96. The molecule has 21 heavy (non-hydrogen) atoms. The first-order chi connectivity index (χ1) is 10.0. The molecule has 0 aliphatic carbocycles. The zero-order chi connectivity index (χ0) is 15.8. The van der Waals surface area contributed by atoms with E-state index in [0.29, 0.717) is 18.0 Å². The van der Waals surface area contributed by atoms with Crippen LogP contribution in [-0.4, -0.2) is 48.7 Å². The van der Waals surface area contributed by atoms with Crippen molar-refractivity contribution in [1.29, 1.82) is 0 Å². The van der Waals surface area contributed by atoms with Crippen LogP contribution in [0, 0.1) is 0 Å². The lowest BCUT2D eigenvalue weighted by atomic mass is 10.1. The van der Waals surface area contributed by atoms with Gasteiger partial charge in [0.15, 0.2) is 11.5 Å². The summed E-state index contributed by atoms with van der Waals surface area (Å²) < 4.78 is 10.1. The molecule has 0 amide bonds. The van der Waals surface area contributed by atoms with E-state index in [1.165, 1.54) is 14.2 Å². The Balaban J connectivity index is 2.74. The number of aromatic hydroxyl groups is 1. The first kappa shape index (κ1) is 17.2. The number of ether oxygens (including phenoxy) is 2. The van der Waals surface area contributed by atoms with Crippen molar-refractivity contribution in [3.8, 4) is 17.2 Å². The van der Waals surface area contributed by atoms with Crippen molar-refractivity contribution in [2.24, 2.45) is 0 Å². The van der Waals surface area contributed by atoms with Crippen LogP contribution in [0.25, 0.3) is 6.08 Å². The number of carboxylic acid groups (broad SMARTS) is 1. The first-order valence-corrected chi connectivity index (χ1v) is 6.85. The lowest BCUT2D eigenvalue weighted by molar-refractivity contribution is -0.138. The van der Waals surface area contributed by atoms with Gasteiger partial charge in [-0.1, -0.05) is 12.2 Å². The van der Waals surface area contributed by atoms with Crippen LogP contribution in [0.15, 0.2) is 18.2 Å². The monoisotopic (exact) mass is 313 g/mol. The summed E-state index contributed by atoms with van der Waals surface area (Å²) in [6.45, 7) is 0.378. The standard InChI is InChI=1S/C14H19NO5S/c1-19-11-6-9(7-12(20-2)13(11)16)4-3-5-15-10(8-21)14(17)18/h3-4,6-7,10,15-16,21H,5,8H2,1-2H3,(H,17,18)/b4-3+/t10-/m1/s1. The molecule has 7 heteroatoms. The Labute approximate surface area is 128 Å². The number of rotatable bonds is 8. The van der Waals surface area contributed by atoms with Gasteiger partial charge in [0.1, 0.15) is 6.04 Å². The van der Waals surface area contributed by atoms with Crippen LogP contribution < -0.4 is 14.8 Å². The SMILES string of the molecule is COc1cc(/C=C/CN[C@H](CS)C(=O)O)cc(OC)c1O. The number of nitrogens with one attached hydrogen (secondary N) is 1. The number of hydrogen-bond donors (Lipinski definition) is 4. The Morgan fingerprint density at radius 2 is 1.95 bits per heavy atom. The van der Waals surface area contributed by atoms with Crippen LogP contribution in [0.1, 0.15) is 5.56 Å². The maximum atomic E-state index is 10.8. The van der Waals surface area contributed by atoms with E-state index in [-0.39, 0.29) is 11.5 Å². The number of phenolic OH excluding ortho intramolecular Hbond substituents is 1. The van der Waals surface area contributed by atoms with Gasteiger partial charge in [0, 0.05) is 12.3 Å². The smallest absolute Gasteiger partial charge is 0.321 e. The number of benzene rings is 1. The van der Waals surface area contributed by atoms with Gasteiger partial charge >= 0.3 is 5.97 Å². The molecule has 0 aliphatic heterocycles. The van der Waals surface area contributed by atoms with Crippen LogP contribution in [0.2, 0.25) is 0 Å². The Bertz CT molecular complexity index is 493. The lowest BCUT2D eigenvalue weighted by Gasteiger charge is -2.10. The summed E-state index contributed by atoms with van der Waals surface area (Å²) in [6.07, 6.45) is 3.54. The van der Waals surface area contributed by atoms with E-state index in [0.717, 1.165) is 5.56 Å². The molecule has 0 bridgehead atoms. The second-order valence-electron chi connectivity index (χ2n) is 4.16. The van der Waals surface area contributed by atoms with Crippen LogP contribution in [0.5, 0.6) is 17.2 Å². The third kappa shape index (κ3) is 4.87. The molecule has 0 saturated carbocycles. The zero-order valence-electron chi connectivity index (χ0n) is 11.9. The molecule has 1 aromatic carbocycles. The zero-order valence-corrected chi connectivity index (χ0v) is 12.8. The van der Waals surface area contributed by atoms with E-state index in [1.807, 2.05) is 0 Å². The largest absolute Gasteiger partial charge is 0.502 e. The van der Waals surface area contributed by atoms with Crippen LogP contribution in [-0.2, 0) is 4.79 Å². The van der Waals surface area contributed by atoms with Crippen molar-refractivity contribution in [1.82, 2.24) is 5.32 Å². The predicted molar refractivity (Wildman–Crippen MR) is 83.5 cm³/mol. The third-order valence-corrected chi connectivity index (χ3v) is 3.14. The highest BCUT2D eigenvalue weighted by molar-refractivity contribution is 7.80. The van der Waals surface area contributed by atoms with Gasteiger partial charge in [-0.3, -0.25) is 4.79 Å². The van der Waals surface area contributed by atoms with E-state index < -0.39 is 12.0 Å². The summed E-state index contributed by atoms with van der Waals surface area (Å²) in [5.74, 6) is -0.173. The highest BCUT2D eigenvalue weighted by Gasteiger charge is 2.13. The Kier molecular flexibility index (Phi) is 6.90. The fourth-order valence-electron chi connectivity index (χ4n) is 1.65. The molecule has 0 unspecified atom stereocenters. The van der Waals surface area contributed by atoms with Gasteiger partial charge in [-0.2, -0.15) is 12.6 Å². The van der Waals surface area contributed by atoms with Crippen molar-refractivity contribution in [2.75, 3.05) is 26.5 Å². The minimum atomic E-state index is -0.939. The molecule has 1 atom stereocenters. The normalized spacial score (nSPS) is 12.3. The average Bonchev–Trinajstić information content (AvgIpc) is 2.48. The topological polar surface area (TPSA) is 88.0 Å². The van der Waals surface area contributed by atoms with Gasteiger partial charge in [-0.25, -0.2) is 0 Å². The molecule has 0 radical (unpaired) electrons. The van der Waals surface area contributed by atoms with Gasteiger partial charge in [0.05, 0.1) is 14.2 Å². The van der Waals surface area contributed by atoms with Gasteiger partial charge in [0.2, 0.25) is 5.75 Å². The highest BCUT2D eigenvalue weighted by atomic mass is 32.1. The molecule has 1 rings (SSSR count). The van der Waals surface area contributed by atoms with E-state index in [2.05, 4.69) is 17.9 Å². The molecule has 1 aromatic rings. The maximum absolute atomic E-state index is 10.8. The summed E-state index contributed by atoms with van der Waals surface area (Å²) in [5, 5.41) is 21.5. The van der Waals surface area contributed by atoms with Crippen molar-refractivity contribution < 1.29 is 24.5 Å². The highest BCUT2D eigenvalue weighted by Crippen LogP contribution is 2.37. The molecule has 0 spiro atoms. The van der Waals surface area contributed by atoms with Crippen molar-refractivity contribution >= 4 is 24.7 Å². The number of thiol groups is 1. The Morgan fingerprint density at radius 3 is 2.38 bits per heavy atom. The minimum absolute atomic E-state index is 0.0590. The summed E-state index contributed by atoms with van der Waals surface area (Å²) in [7, 11) is 2.90. The molecule has 0 fully saturated rings. The third-order valence-electron chi connectivity index (χ3n) is 2.78. The van der Waals surface area contributed by atoms with Crippen molar-refractivity contribution in [2.45, 2.75) is 6.04 Å². The number of phenols is 1. The van der Waals surface area contributed by atoms with E-state index in [1.54, 1.807) is 24.3 Å². The second kappa shape index (κ2) is 8.43. The maximum Gasteiger partial charge on any atom is 0.321 e. The number of aliphatic carboxylic acids is 1. The molecule has 0 saturated heterocycles. The minimum Gasteiger partial charge on any atom is -0.502 e. The quantitative estimate of drug-likeness (QED) is 0.543. The molecule has 0 aliphatic rings. The molecular formula is C14H19NO5S. The van der Waals surface area contributed by atoms with Crippen LogP contribution in [0.4, 0.5) is 0 Å². The number of hydrogen-bond acceptors (Lipinski definition) is 6. The summed E-state index contributed by atoms with van der Waals surface area (Å²) in [6, 6.07) is 2.62. The molecular weight excluding hydrogens is 294 g/mol. The Morgan fingerprint density at radius 1 is 1.38 bits per heavy atom. The van der Waals surface area contributed by atoms with E-state index in [4.69, 9.17) is 14.6 Å². The van der Waals surface area contributed by atoms with E-state index in [9.17, 15) is 9.90 Å². The number of carbonyl (C=O) groups is 1. The van der Waals surface area contributed by atoms with Gasteiger partial charge in [-0.15, -0.1) is 0 Å². The van der Waals surface area contributed by atoms with Gasteiger partial charge < -0.3 is 25.0 Å². The van der Waals surface area contributed by atoms with Gasteiger partial charge in [0.25, 0.3) is 0 Å². The fraction of sp³-hybridized carbons (Fsp3) is 0.357. The predicted octanol–water partition coefficient (Wildman–Crippen LogP) is 1.40. The molecule has 116 valence electrons. The summed E-state index contributed by atoms with van der Waals surface area (Å²) in [5.41, 5.74) is 0.765. The molecule has 0 aromatic heterocycles. The van der Waals surface area contributed by atoms with Crippen molar-refractivity contribution in [3.63, 3.8) is 0 Å². The van der Waals surface area contributed by atoms with Crippen LogP contribution >= 0.6 is 12.6 Å².